The Morgan fingerprint density at radius 3 is 1.22 bits per heavy atom. The quantitative estimate of drug-likeness (QED) is 0.428. The molecule has 0 saturated carbocycles. The van der Waals surface area contributed by atoms with Crippen LogP contribution in [0.3, 0.4) is 0 Å². The first-order valence-corrected chi connectivity index (χ1v) is 1.95. The molecule has 4 N–H and O–H groups in total. The number of rotatable bonds is 0. The third-order valence-electron chi connectivity index (χ3n) is 0. The van der Waals surface area contributed by atoms with Crippen molar-refractivity contribution in [3.8, 4) is 0 Å². The van der Waals surface area contributed by atoms with Crippen LogP contribution in [0.4, 0.5) is 0 Å². The van der Waals surface area contributed by atoms with E-state index in [2.05, 4.69) is 0 Å². The van der Waals surface area contributed by atoms with E-state index < -0.39 is 9.17 Å². The van der Waals surface area contributed by atoms with Crippen LogP contribution in [0.2, 0.25) is 0 Å². The molecule has 0 radical (unpaired) electrons. The van der Waals surface area contributed by atoms with Gasteiger partial charge >= 0.3 is 147 Å². The summed E-state index contributed by atoms with van der Waals surface area (Å²) in [6.07, 6.45) is 0. The zero-order valence-electron chi connectivity index (χ0n) is 2.30. The van der Waals surface area contributed by atoms with Crippen molar-refractivity contribution in [3.05, 3.63) is 0 Å². The fourth-order valence-electron chi connectivity index (χ4n) is 0. The SMILES string of the molecule is O.O=[Si](O)O.[AlH3].[BaH2].[CaH2].[KH]. The van der Waals surface area contributed by atoms with Crippen LogP contribution in [0.1, 0.15) is 0 Å². The summed E-state index contributed by atoms with van der Waals surface area (Å²) in [7, 11) is -3.13. The number of hydrogen-bond donors (Lipinski definition) is 2. The van der Waals surface area contributed by atoms with Crippen LogP contribution < -0.4 is 0 Å². The molecule has 0 fully saturated rings. The topological polar surface area (TPSA) is 89.0 Å². The molecule has 4 nitrogen and oxygen atoms in total. The molecule has 0 saturated heterocycles. The summed E-state index contributed by atoms with van der Waals surface area (Å²) < 4.78 is 8.74. The molecule has 0 unspecified atom stereocenters. The minimum atomic E-state index is -3.13. The molecule has 0 aromatic carbocycles. The third kappa shape index (κ3) is 67.2. The molecule has 0 bridgehead atoms. The van der Waals surface area contributed by atoms with E-state index >= 15 is 0 Å². The zero-order chi connectivity index (χ0) is 3.58. The van der Waals surface area contributed by atoms with Crippen molar-refractivity contribution >= 4 is 165 Å². The van der Waals surface area contributed by atoms with Gasteiger partial charge in [-0.3, -0.25) is 4.46 Å². The molecule has 0 aliphatic carbocycles. The first-order chi connectivity index (χ1) is 1.73. The van der Waals surface area contributed by atoms with Gasteiger partial charge in [-0.25, -0.2) is 0 Å². The summed E-state index contributed by atoms with van der Waals surface area (Å²) in [6, 6.07) is 0. The first-order valence-electron chi connectivity index (χ1n) is 0.651. The van der Waals surface area contributed by atoms with Gasteiger partial charge in [0, 0.05) is 0 Å². The zero-order valence-corrected chi connectivity index (χ0v) is 3.30. The molecule has 0 aliphatic rings. The summed E-state index contributed by atoms with van der Waals surface area (Å²) in [5.74, 6) is 0. The summed E-state index contributed by atoms with van der Waals surface area (Å²) in [5.41, 5.74) is 0. The van der Waals surface area contributed by atoms with E-state index in [4.69, 9.17) is 14.1 Å². The summed E-state index contributed by atoms with van der Waals surface area (Å²) in [5, 5.41) is 0. The second kappa shape index (κ2) is 29.4. The van der Waals surface area contributed by atoms with E-state index in [1.54, 1.807) is 0 Å². The van der Waals surface area contributed by atoms with E-state index in [1.807, 2.05) is 0 Å². The van der Waals surface area contributed by atoms with Gasteiger partial charge < -0.3 is 15.1 Å². The molecule has 0 aromatic heterocycles. The van der Waals surface area contributed by atoms with Gasteiger partial charge in [0.05, 0.1) is 0 Å². The summed E-state index contributed by atoms with van der Waals surface area (Å²) in [4.78, 5) is 14.3. The van der Waals surface area contributed by atoms with Gasteiger partial charge in [0.2, 0.25) is 0 Å². The van der Waals surface area contributed by atoms with Crippen molar-refractivity contribution in [1.82, 2.24) is 0 Å². The van der Waals surface area contributed by atoms with Gasteiger partial charge in [0.1, 0.15) is 0 Å². The predicted molar refractivity (Wildman–Crippen MR) is 48.7 cm³/mol. The minimum absolute atomic E-state index is 0. The van der Waals surface area contributed by atoms with Crippen LogP contribution in [0.15, 0.2) is 0 Å². The van der Waals surface area contributed by atoms with E-state index in [1.165, 1.54) is 0 Å². The van der Waals surface area contributed by atoms with Crippen LogP contribution in [0.25, 0.3) is 0 Å². The van der Waals surface area contributed by atoms with Crippen molar-refractivity contribution < 1.29 is 19.5 Å². The van der Waals surface area contributed by atoms with Crippen molar-refractivity contribution in [1.29, 1.82) is 0 Å². The maximum absolute atomic E-state index is 8.74. The standard InChI is InChI=1S/Al.Ba.Ca.K.H2O3Si.H2O.8H/c;;;;1-4(2)3;;;;;;;;;/h;;;;1-2H;1H2;;;;;;;;. The molecule has 0 rings (SSSR count). The average molecular weight is 348 g/mol. The third-order valence-corrected chi connectivity index (χ3v) is 0. The second-order valence-corrected chi connectivity index (χ2v) is 0.848. The molecule has 0 aromatic rings. The Labute approximate surface area is 178 Å². The number of hydrogen-bond acceptors (Lipinski definition) is 1. The fourth-order valence-corrected chi connectivity index (χ4v) is 0. The first kappa shape index (κ1) is 37.4. The Bertz CT molecular complexity index is 43.5. The summed E-state index contributed by atoms with van der Waals surface area (Å²) in [6.45, 7) is 0. The van der Waals surface area contributed by atoms with Crippen LogP contribution in [-0.4, -0.2) is 180 Å². The van der Waals surface area contributed by atoms with Crippen LogP contribution in [0.5, 0.6) is 0 Å². The normalized spacial score (nSPS) is 2.67. The molecule has 0 heterocycles. The molecular formula is H12AlBaCaKO4Si. The Kier molecular flexibility index (Phi) is 122. The van der Waals surface area contributed by atoms with Crippen molar-refractivity contribution in [3.63, 3.8) is 0 Å². The maximum atomic E-state index is 8.74. The Morgan fingerprint density at radius 2 is 1.22 bits per heavy atom. The monoisotopic (exact) mass is 348 g/mol. The Balaban J connectivity index is -0.00000000450. The van der Waals surface area contributed by atoms with Gasteiger partial charge in [-0.1, -0.05) is 0 Å². The molecule has 9 heavy (non-hydrogen) atoms. The van der Waals surface area contributed by atoms with Crippen molar-refractivity contribution in [2.24, 2.45) is 0 Å². The Morgan fingerprint density at radius 1 is 1.22 bits per heavy atom. The second-order valence-electron chi connectivity index (χ2n) is 0.283. The van der Waals surface area contributed by atoms with E-state index in [0.717, 1.165) is 0 Å². The average Bonchev–Trinajstić information content (AvgIpc) is 0.811. The van der Waals surface area contributed by atoms with E-state index in [9.17, 15) is 0 Å². The molecule has 0 amide bonds. The molecule has 48 valence electrons. The van der Waals surface area contributed by atoms with Gasteiger partial charge in [-0.05, 0) is 0 Å². The van der Waals surface area contributed by atoms with Crippen LogP contribution in [0, 0.1) is 0 Å². The summed E-state index contributed by atoms with van der Waals surface area (Å²) >= 11 is 0. The van der Waals surface area contributed by atoms with Gasteiger partial charge in [-0.15, -0.1) is 0 Å². The van der Waals surface area contributed by atoms with Crippen molar-refractivity contribution in [2.75, 3.05) is 0 Å². The fraction of sp³-hybridized carbons (Fsp3) is 0. The van der Waals surface area contributed by atoms with Crippen LogP contribution >= 0.6 is 0 Å². The molecule has 0 atom stereocenters. The van der Waals surface area contributed by atoms with Crippen molar-refractivity contribution in [2.45, 2.75) is 0 Å². The van der Waals surface area contributed by atoms with E-state index in [-0.39, 0.29) is 161 Å². The molecule has 0 aliphatic heterocycles. The predicted octanol–water partition coefficient (Wildman–Crippen LogP) is -6.10. The van der Waals surface area contributed by atoms with E-state index in [0.29, 0.717) is 0 Å². The molecular weight excluding hydrogens is 336 g/mol. The van der Waals surface area contributed by atoms with Gasteiger partial charge in [0.25, 0.3) is 0 Å². The van der Waals surface area contributed by atoms with Crippen LogP contribution in [-0.2, 0) is 4.46 Å². The van der Waals surface area contributed by atoms with Gasteiger partial charge in [-0.2, -0.15) is 0 Å². The molecule has 9 heteroatoms. The Hall–Kier alpha value is 4.58. The molecule has 0 spiro atoms. The van der Waals surface area contributed by atoms with Gasteiger partial charge in [0.15, 0.2) is 17.4 Å².